The summed E-state index contributed by atoms with van der Waals surface area (Å²) in [6.45, 7) is 4.11. The highest BCUT2D eigenvalue weighted by Crippen LogP contribution is 2.51. The van der Waals surface area contributed by atoms with Crippen LogP contribution in [-0.4, -0.2) is 26.3 Å². The molecule has 1 saturated carbocycles. The van der Waals surface area contributed by atoms with Crippen molar-refractivity contribution in [2.45, 2.75) is 44.1 Å². The van der Waals surface area contributed by atoms with Crippen molar-refractivity contribution in [3.05, 3.63) is 35.9 Å². The predicted octanol–water partition coefficient (Wildman–Crippen LogP) is 3.12. The summed E-state index contributed by atoms with van der Waals surface area (Å²) in [7, 11) is 1.78. The molecular weight excluding hydrogens is 222 g/mol. The molecular formula is C16H25NO. The van der Waals surface area contributed by atoms with Crippen LogP contribution in [0, 0.1) is 0 Å². The summed E-state index contributed by atoms with van der Waals surface area (Å²) in [6, 6.07) is 11.6. The van der Waals surface area contributed by atoms with Crippen molar-refractivity contribution in [1.82, 2.24) is 5.32 Å². The van der Waals surface area contributed by atoms with Crippen molar-refractivity contribution in [2.24, 2.45) is 0 Å². The highest BCUT2D eigenvalue weighted by Gasteiger charge is 2.49. The zero-order chi connectivity index (χ0) is 12.8. The molecule has 2 heteroatoms. The molecule has 2 rings (SSSR count). The van der Waals surface area contributed by atoms with Gasteiger partial charge in [0.15, 0.2) is 0 Å². The molecule has 0 amide bonds. The number of ether oxygens (including phenoxy) is 1. The molecule has 1 aromatic rings. The second kappa shape index (κ2) is 6.35. The van der Waals surface area contributed by atoms with Gasteiger partial charge in [-0.25, -0.2) is 0 Å². The third-order valence-electron chi connectivity index (χ3n) is 4.10. The molecule has 1 aromatic carbocycles. The Balaban J connectivity index is 2.05. The Labute approximate surface area is 111 Å². The van der Waals surface area contributed by atoms with E-state index in [4.69, 9.17) is 4.74 Å². The van der Waals surface area contributed by atoms with Gasteiger partial charge in [-0.3, -0.25) is 0 Å². The Morgan fingerprint density at radius 1 is 1.28 bits per heavy atom. The summed E-state index contributed by atoms with van der Waals surface area (Å²) >= 11 is 0. The molecule has 1 unspecified atom stereocenters. The van der Waals surface area contributed by atoms with E-state index >= 15 is 0 Å². The smallest absolute Gasteiger partial charge is 0.0462 e. The van der Waals surface area contributed by atoms with Crippen LogP contribution < -0.4 is 5.32 Å². The van der Waals surface area contributed by atoms with Crippen LogP contribution >= 0.6 is 0 Å². The van der Waals surface area contributed by atoms with Gasteiger partial charge in [-0.2, -0.15) is 0 Å². The summed E-state index contributed by atoms with van der Waals surface area (Å²) in [6.07, 6.45) is 4.99. The average molecular weight is 247 g/mol. The monoisotopic (exact) mass is 247 g/mol. The Morgan fingerprint density at radius 3 is 2.56 bits per heavy atom. The minimum Gasteiger partial charge on any atom is -0.385 e. The van der Waals surface area contributed by atoms with Crippen LogP contribution in [0.25, 0.3) is 0 Å². The Morgan fingerprint density at radius 2 is 2.00 bits per heavy atom. The van der Waals surface area contributed by atoms with E-state index in [1.54, 1.807) is 7.11 Å². The number of hydrogen-bond donors (Lipinski definition) is 1. The molecule has 1 aliphatic rings. The van der Waals surface area contributed by atoms with Crippen molar-refractivity contribution in [3.8, 4) is 0 Å². The molecule has 0 radical (unpaired) electrons. The van der Waals surface area contributed by atoms with E-state index in [0.717, 1.165) is 19.6 Å². The number of likely N-dealkylation sites (N-methyl/N-ethyl adjacent to an activating group) is 1. The van der Waals surface area contributed by atoms with E-state index in [-0.39, 0.29) is 0 Å². The van der Waals surface area contributed by atoms with E-state index < -0.39 is 0 Å². The standard InChI is InChI=1S/C16H25NO/c1-3-17-15(10-7-13-18-2)16(11-12-16)14-8-5-4-6-9-14/h4-6,8-9,15,17H,3,7,10-13H2,1-2H3. The lowest BCUT2D eigenvalue weighted by molar-refractivity contribution is 0.186. The van der Waals surface area contributed by atoms with E-state index in [2.05, 4.69) is 42.6 Å². The molecule has 0 aliphatic heterocycles. The van der Waals surface area contributed by atoms with Crippen LogP contribution in [-0.2, 0) is 10.2 Å². The maximum Gasteiger partial charge on any atom is 0.0462 e. The van der Waals surface area contributed by atoms with Crippen molar-refractivity contribution in [1.29, 1.82) is 0 Å². The van der Waals surface area contributed by atoms with E-state index in [9.17, 15) is 0 Å². The fourth-order valence-electron chi connectivity index (χ4n) is 2.99. The van der Waals surface area contributed by atoms with Crippen LogP contribution in [0.2, 0.25) is 0 Å². The summed E-state index contributed by atoms with van der Waals surface area (Å²) < 4.78 is 5.18. The Bertz CT molecular complexity index is 345. The van der Waals surface area contributed by atoms with E-state index in [1.165, 1.54) is 24.8 Å². The molecule has 0 bridgehead atoms. The molecule has 1 N–H and O–H groups in total. The predicted molar refractivity (Wildman–Crippen MR) is 75.9 cm³/mol. The lowest BCUT2D eigenvalue weighted by Gasteiger charge is -2.28. The second-order valence-electron chi connectivity index (χ2n) is 5.27. The molecule has 1 atom stereocenters. The fourth-order valence-corrected chi connectivity index (χ4v) is 2.99. The van der Waals surface area contributed by atoms with Crippen LogP contribution in [0.5, 0.6) is 0 Å². The maximum absolute atomic E-state index is 5.18. The highest BCUT2D eigenvalue weighted by molar-refractivity contribution is 5.33. The minimum atomic E-state index is 0.394. The van der Waals surface area contributed by atoms with Crippen molar-refractivity contribution >= 4 is 0 Å². The first-order valence-corrected chi connectivity index (χ1v) is 7.11. The van der Waals surface area contributed by atoms with Crippen LogP contribution in [0.1, 0.15) is 38.2 Å². The van der Waals surface area contributed by atoms with Gasteiger partial charge in [-0.15, -0.1) is 0 Å². The minimum absolute atomic E-state index is 0.394. The third-order valence-corrected chi connectivity index (χ3v) is 4.10. The van der Waals surface area contributed by atoms with Gasteiger partial charge in [0.25, 0.3) is 0 Å². The van der Waals surface area contributed by atoms with Crippen molar-refractivity contribution in [2.75, 3.05) is 20.3 Å². The third kappa shape index (κ3) is 2.93. The first-order valence-electron chi connectivity index (χ1n) is 7.11. The van der Waals surface area contributed by atoms with E-state index in [0.29, 0.717) is 11.5 Å². The molecule has 18 heavy (non-hydrogen) atoms. The molecule has 0 spiro atoms. The zero-order valence-electron chi connectivity index (χ0n) is 11.6. The van der Waals surface area contributed by atoms with Gasteiger partial charge in [0, 0.05) is 25.2 Å². The largest absolute Gasteiger partial charge is 0.385 e. The lowest BCUT2D eigenvalue weighted by atomic mass is 9.85. The number of methoxy groups -OCH3 is 1. The average Bonchev–Trinajstić information content (AvgIpc) is 3.21. The first-order chi connectivity index (χ1) is 8.83. The molecule has 1 aliphatic carbocycles. The molecule has 0 aromatic heterocycles. The number of benzene rings is 1. The van der Waals surface area contributed by atoms with Gasteiger partial charge in [0.1, 0.15) is 0 Å². The SMILES string of the molecule is CCNC(CCCOC)C1(c2ccccc2)CC1. The van der Waals surface area contributed by atoms with Crippen molar-refractivity contribution in [3.63, 3.8) is 0 Å². The number of hydrogen-bond acceptors (Lipinski definition) is 2. The van der Waals surface area contributed by atoms with Crippen LogP contribution in [0.4, 0.5) is 0 Å². The van der Waals surface area contributed by atoms with Crippen molar-refractivity contribution < 1.29 is 4.74 Å². The number of rotatable bonds is 8. The maximum atomic E-state index is 5.18. The van der Waals surface area contributed by atoms with Gasteiger partial charge in [-0.05, 0) is 37.8 Å². The summed E-state index contributed by atoms with van der Waals surface area (Å²) in [5.74, 6) is 0. The topological polar surface area (TPSA) is 21.3 Å². The van der Waals surface area contributed by atoms with Gasteiger partial charge in [-0.1, -0.05) is 37.3 Å². The summed E-state index contributed by atoms with van der Waals surface area (Å²) in [5, 5.41) is 3.69. The second-order valence-corrected chi connectivity index (χ2v) is 5.27. The zero-order valence-corrected chi connectivity index (χ0v) is 11.6. The fraction of sp³-hybridized carbons (Fsp3) is 0.625. The number of nitrogens with one attached hydrogen (secondary N) is 1. The van der Waals surface area contributed by atoms with Gasteiger partial charge >= 0.3 is 0 Å². The molecule has 100 valence electrons. The molecule has 0 saturated heterocycles. The highest BCUT2D eigenvalue weighted by atomic mass is 16.5. The first kappa shape index (κ1) is 13.6. The summed E-state index contributed by atoms with van der Waals surface area (Å²) in [4.78, 5) is 0. The molecule has 2 nitrogen and oxygen atoms in total. The van der Waals surface area contributed by atoms with Crippen LogP contribution in [0.15, 0.2) is 30.3 Å². The summed E-state index contributed by atoms with van der Waals surface area (Å²) in [5.41, 5.74) is 1.90. The van der Waals surface area contributed by atoms with E-state index in [1.807, 2.05) is 0 Å². The normalized spacial score (nSPS) is 18.6. The van der Waals surface area contributed by atoms with Gasteiger partial charge in [0.2, 0.25) is 0 Å². The quantitative estimate of drug-likeness (QED) is 0.713. The Kier molecular flexibility index (Phi) is 4.79. The lowest BCUT2D eigenvalue weighted by Crippen LogP contribution is -2.40. The molecule has 0 heterocycles. The Hall–Kier alpha value is -0.860. The van der Waals surface area contributed by atoms with Gasteiger partial charge in [0.05, 0.1) is 0 Å². The van der Waals surface area contributed by atoms with Gasteiger partial charge < -0.3 is 10.1 Å². The van der Waals surface area contributed by atoms with Crippen LogP contribution in [0.3, 0.4) is 0 Å². The molecule has 1 fully saturated rings.